The molecule has 0 spiro atoms. The highest BCUT2D eigenvalue weighted by Gasteiger charge is 2.65. The highest BCUT2D eigenvalue weighted by Crippen LogP contribution is 2.22. The summed E-state index contributed by atoms with van der Waals surface area (Å²) in [6, 6.07) is 0. The van der Waals surface area contributed by atoms with Gasteiger partial charge in [-0.1, -0.05) is 0 Å². The minimum absolute atomic E-state index is 1.19. The molecule has 0 unspecified atom stereocenters. The van der Waals surface area contributed by atoms with Gasteiger partial charge in [-0.25, -0.2) is 4.79 Å². The maximum absolute atomic E-state index is 11.3. The van der Waals surface area contributed by atoms with Gasteiger partial charge in [0.05, 0.1) is 0 Å². The van der Waals surface area contributed by atoms with Crippen LogP contribution < -0.4 is 0 Å². The van der Waals surface area contributed by atoms with Crippen molar-refractivity contribution < 1.29 is 44.0 Å². The molecule has 1 saturated heterocycles. The third-order valence-electron chi connectivity index (χ3n) is 1.83. The molecule has 0 aliphatic carbocycles. The van der Waals surface area contributed by atoms with Crippen molar-refractivity contribution in [2.45, 2.75) is 0 Å². The van der Waals surface area contributed by atoms with Crippen LogP contribution in [-0.4, -0.2) is 61.9 Å². The molecule has 13 heteroatoms. The van der Waals surface area contributed by atoms with Crippen LogP contribution in [0.5, 0.6) is 0 Å². The van der Waals surface area contributed by atoms with Gasteiger partial charge in [0, 0.05) is 28.4 Å². The molecule has 104 valence electrons. The second-order valence-electron chi connectivity index (χ2n) is 2.72. The Morgan fingerprint density at radius 3 is 1.94 bits per heavy atom. The fraction of sp³-hybridized carbons (Fsp3) is 0.800. The molecule has 1 aliphatic heterocycles. The molecule has 1 fully saturated rings. The van der Waals surface area contributed by atoms with Gasteiger partial charge in [0.1, 0.15) is 0 Å². The lowest BCUT2D eigenvalue weighted by molar-refractivity contribution is -0.0305. The molecule has 1 aliphatic rings. The summed E-state index contributed by atoms with van der Waals surface area (Å²) in [5, 5.41) is 0. The SMILES string of the molecule is CO[Si]1(OC)OC(=O)O[Si](=O)O[Si](OC)(OC)O1. The largest absolute Gasteiger partial charge is 0.766 e. The maximum atomic E-state index is 11.3. The van der Waals surface area contributed by atoms with E-state index in [0.717, 1.165) is 0 Å². The van der Waals surface area contributed by atoms with Gasteiger partial charge in [0.15, 0.2) is 0 Å². The molecule has 0 N–H and O–H groups in total. The number of hydrogen-bond acceptors (Lipinski definition) is 10. The van der Waals surface area contributed by atoms with Crippen molar-refractivity contribution in [3.8, 4) is 0 Å². The Morgan fingerprint density at radius 2 is 1.50 bits per heavy atom. The molecule has 0 atom stereocenters. The van der Waals surface area contributed by atoms with E-state index in [4.69, 9.17) is 30.4 Å². The summed E-state index contributed by atoms with van der Waals surface area (Å²) < 4.78 is 50.2. The van der Waals surface area contributed by atoms with Crippen molar-refractivity contribution in [1.29, 1.82) is 0 Å². The second-order valence-corrected chi connectivity index (χ2v) is 8.90. The monoisotopic (exact) mass is 316 g/mol. The van der Waals surface area contributed by atoms with Crippen molar-refractivity contribution in [1.82, 2.24) is 0 Å². The summed E-state index contributed by atoms with van der Waals surface area (Å²) in [5.41, 5.74) is 0. The van der Waals surface area contributed by atoms with Gasteiger partial charge in [-0.3, -0.25) is 4.46 Å². The van der Waals surface area contributed by atoms with Crippen molar-refractivity contribution in [2.75, 3.05) is 28.4 Å². The zero-order chi connectivity index (χ0) is 13.8. The zero-order valence-electron chi connectivity index (χ0n) is 10.1. The van der Waals surface area contributed by atoms with E-state index < -0.39 is 33.4 Å². The quantitative estimate of drug-likeness (QED) is 0.603. The molecule has 0 saturated carbocycles. The summed E-state index contributed by atoms with van der Waals surface area (Å²) in [6.45, 7) is 0. The summed E-state index contributed by atoms with van der Waals surface area (Å²) in [6.07, 6.45) is -1.29. The average molecular weight is 316 g/mol. The van der Waals surface area contributed by atoms with Crippen LogP contribution in [0, 0.1) is 0 Å². The predicted molar refractivity (Wildman–Crippen MR) is 55.7 cm³/mol. The first-order chi connectivity index (χ1) is 8.44. The summed E-state index contributed by atoms with van der Waals surface area (Å²) in [7, 11) is -6.16. The lowest BCUT2D eigenvalue weighted by Crippen LogP contribution is -2.63. The standard InChI is InChI=1S/C5H12O10Si3/c1-8-17(9-2)13-5(6)12-16(7)14-18(10-3,11-4)15-17/h1-4H3. The summed E-state index contributed by atoms with van der Waals surface area (Å²) in [4.78, 5) is 11.2. The van der Waals surface area contributed by atoms with Gasteiger partial charge in [0.2, 0.25) is 0 Å². The first-order valence-corrected chi connectivity index (χ1v) is 8.98. The van der Waals surface area contributed by atoms with E-state index in [1.54, 1.807) is 0 Å². The van der Waals surface area contributed by atoms with E-state index in [0.29, 0.717) is 0 Å². The van der Waals surface area contributed by atoms with Crippen LogP contribution in [0.15, 0.2) is 0 Å². The van der Waals surface area contributed by atoms with Crippen molar-refractivity contribution >= 4 is 33.4 Å². The Balaban J connectivity index is 3.08. The number of rotatable bonds is 4. The minimum atomic E-state index is -3.89. The highest BCUT2D eigenvalue weighted by atomic mass is 28.5. The fourth-order valence-corrected chi connectivity index (χ4v) is 6.93. The van der Waals surface area contributed by atoms with Gasteiger partial charge in [0.25, 0.3) is 0 Å². The third kappa shape index (κ3) is 3.20. The van der Waals surface area contributed by atoms with Gasteiger partial charge in [-0.05, 0) is 0 Å². The maximum Gasteiger partial charge on any atom is 0.766 e. The number of hydrogen-bond donors (Lipinski definition) is 0. The molecule has 0 radical (unpaired) electrons. The predicted octanol–water partition coefficient (Wildman–Crippen LogP) is -0.941. The Morgan fingerprint density at radius 1 is 1.00 bits per heavy atom. The molecule has 0 amide bonds. The van der Waals surface area contributed by atoms with Crippen LogP contribution in [-0.2, 0) is 39.2 Å². The van der Waals surface area contributed by atoms with Gasteiger partial charge < -0.3 is 34.8 Å². The third-order valence-corrected chi connectivity index (χ3v) is 8.25. The van der Waals surface area contributed by atoms with E-state index in [-0.39, 0.29) is 0 Å². The summed E-state index contributed by atoms with van der Waals surface area (Å²) >= 11 is 0. The van der Waals surface area contributed by atoms with Crippen LogP contribution in [0.3, 0.4) is 0 Å². The second kappa shape index (κ2) is 5.98. The molecule has 0 aromatic rings. The Labute approximate surface area is 106 Å². The molecule has 0 bridgehead atoms. The van der Waals surface area contributed by atoms with Crippen molar-refractivity contribution in [2.24, 2.45) is 0 Å². The molecule has 1 rings (SSSR count). The zero-order valence-corrected chi connectivity index (χ0v) is 13.1. The topological polar surface area (TPSA) is 108 Å². The van der Waals surface area contributed by atoms with Crippen LogP contribution in [0.1, 0.15) is 0 Å². The number of carbonyl (C=O) groups is 1. The average Bonchev–Trinajstić information content (AvgIpc) is 2.34. The molecule has 1 heterocycles. The first kappa shape index (κ1) is 15.4. The van der Waals surface area contributed by atoms with E-state index in [2.05, 4.69) is 4.43 Å². The molecule has 0 aromatic carbocycles. The lowest BCUT2D eigenvalue weighted by atomic mass is 11.5. The Bertz CT molecular complexity index is 295. The van der Waals surface area contributed by atoms with Gasteiger partial charge in [-0.15, -0.1) is 0 Å². The van der Waals surface area contributed by atoms with E-state index >= 15 is 0 Å². The molecule has 18 heavy (non-hydrogen) atoms. The van der Waals surface area contributed by atoms with E-state index in [1.807, 2.05) is 0 Å². The number of carbonyl (C=O) groups excluding carboxylic acids is 1. The van der Waals surface area contributed by atoms with Crippen molar-refractivity contribution in [3.63, 3.8) is 0 Å². The highest BCUT2D eigenvalue weighted by molar-refractivity contribution is 6.72. The van der Waals surface area contributed by atoms with E-state index in [1.165, 1.54) is 28.4 Å². The summed E-state index contributed by atoms with van der Waals surface area (Å²) in [5.74, 6) is 0. The fourth-order valence-electron chi connectivity index (χ4n) is 1.01. The Hall–Kier alpha value is -0.679. The van der Waals surface area contributed by atoms with Gasteiger partial charge >= 0.3 is 33.4 Å². The minimum Gasteiger partial charge on any atom is -0.488 e. The van der Waals surface area contributed by atoms with Crippen molar-refractivity contribution in [3.05, 3.63) is 0 Å². The van der Waals surface area contributed by atoms with E-state index in [9.17, 15) is 9.26 Å². The van der Waals surface area contributed by atoms with Crippen LogP contribution in [0.25, 0.3) is 0 Å². The normalized spacial score (nSPS) is 22.2. The van der Waals surface area contributed by atoms with Crippen LogP contribution >= 0.6 is 0 Å². The van der Waals surface area contributed by atoms with Crippen LogP contribution in [0.2, 0.25) is 0 Å². The molecular formula is C5H12O10Si3. The van der Waals surface area contributed by atoms with Crippen LogP contribution in [0.4, 0.5) is 4.79 Å². The Kier molecular flexibility index (Phi) is 5.10. The smallest absolute Gasteiger partial charge is 0.488 e. The molecule has 10 nitrogen and oxygen atoms in total. The molecule has 0 aromatic heterocycles. The first-order valence-electron chi connectivity index (χ1n) is 4.49. The molecular weight excluding hydrogens is 304 g/mol. The lowest BCUT2D eigenvalue weighted by Gasteiger charge is -2.32. The van der Waals surface area contributed by atoms with Gasteiger partial charge in [-0.2, -0.15) is 0 Å².